The third-order valence-corrected chi connectivity index (χ3v) is 31.3. The SMILES string of the molecule is CCC1=Cc2c(-c3ccccc3)cccc2[CH]1[Zr]([CH3])([Cl])([Cl])(=[CH]c1ccccc1)[CH]1C(CC)=Cc2c(-c3ccccc3)cccc21. The van der Waals surface area contributed by atoms with Crippen molar-refractivity contribution in [1.29, 1.82) is 0 Å². The first-order valence-electron chi connectivity index (χ1n) is 16.2. The molecule has 0 saturated heterocycles. The van der Waals surface area contributed by atoms with Crippen LogP contribution < -0.4 is 0 Å². The van der Waals surface area contributed by atoms with E-state index in [1.54, 1.807) is 0 Å². The fraction of sp³-hybridized carbons (Fsp3) is 0.167. The van der Waals surface area contributed by atoms with Crippen LogP contribution in [0.5, 0.6) is 0 Å². The van der Waals surface area contributed by atoms with E-state index >= 15 is 0 Å². The Hall–Kier alpha value is -3.09. The Kier molecular flexibility index (Phi) is 7.48. The van der Waals surface area contributed by atoms with Gasteiger partial charge in [-0.05, 0) is 0 Å². The molecule has 2 unspecified atom stereocenters. The molecule has 0 radical (unpaired) electrons. The van der Waals surface area contributed by atoms with Gasteiger partial charge in [0.2, 0.25) is 0 Å². The summed E-state index contributed by atoms with van der Waals surface area (Å²) in [5.74, 6) is 0. The summed E-state index contributed by atoms with van der Waals surface area (Å²) in [7, 11) is 17.7. The van der Waals surface area contributed by atoms with Crippen molar-refractivity contribution >= 4 is 32.9 Å². The van der Waals surface area contributed by atoms with Crippen molar-refractivity contribution in [2.24, 2.45) is 0 Å². The number of allylic oxidation sites excluding steroid dienone is 2. The van der Waals surface area contributed by atoms with Crippen molar-refractivity contribution in [2.75, 3.05) is 0 Å². The van der Waals surface area contributed by atoms with Crippen LogP contribution in [-0.2, 0) is 14.4 Å². The molecular weight excluding hydrogens is 667 g/mol. The summed E-state index contributed by atoms with van der Waals surface area (Å²) in [5, 5.41) is 0. The van der Waals surface area contributed by atoms with Crippen LogP contribution in [0.25, 0.3) is 34.4 Å². The molecule has 0 N–H and O–H groups in total. The third kappa shape index (κ3) is 4.95. The van der Waals surface area contributed by atoms with Crippen LogP contribution in [0.15, 0.2) is 139 Å². The Morgan fingerprint density at radius 1 is 0.533 bits per heavy atom. The van der Waals surface area contributed by atoms with Crippen LogP contribution in [0.4, 0.5) is 0 Å². The first-order valence-corrected chi connectivity index (χ1v) is 29.2. The maximum absolute atomic E-state index is 8.83. The normalized spacial score (nSPS) is 18.7. The summed E-state index contributed by atoms with van der Waals surface area (Å²) in [6.45, 7) is 4.52. The van der Waals surface area contributed by atoms with Gasteiger partial charge in [0, 0.05) is 0 Å². The van der Waals surface area contributed by atoms with E-state index in [0.717, 1.165) is 18.4 Å². The Bertz CT molecular complexity index is 1940. The van der Waals surface area contributed by atoms with Crippen LogP contribution >= 0.6 is 17.0 Å². The van der Waals surface area contributed by atoms with Gasteiger partial charge in [-0.3, -0.25) is 0 Å². The fourth-order valence-corrected chi connectivity index (χ4v) is 33.1. The zero-order chi connectivity index (χ0) is 31.3. The molecule has 0 fully saturated rings. The number of rotatable bonds is 7. The molecule has 0 bridgehead atoms. The molecule has 3 heteroatoms. The first kappa shape index (κ1) is 30.6. The van der Waals surface area contributed by atoms with Gasteiger partial charge >= 0.3 is 274 Å². The van der Waals surface area contributed by atoms with Crippen molar-refractivity contribution in [1.82, 2.24) is 0 Å². The van der Waals surface area contributed by atoms with Crippen LogP contribution in [0.2, 0.25) is 4.63 Å². The van der Waals surface area contributed by atoms with Crippen LogP contribution in [0.3, 0.4) is 0 Å². The minimum atomic E-state index is -5.83. The van der Waals surface area contributed by atoms with Crippen molar-refractivity contribution < 1.29 is 14.4 Å². The van der Waals surface area contributed by atoms with E-state index in [1.807, 2.05) is 0 Å². The van der Waals surface area contributed by atoms with Crippen molar-refractivity contribution in [2.45, 2.75) is 38.6 Å². The van der Waals surface area contributed by atoms with Crippen molar-refractivity contribution in [3.8, 4) is 22.3 Å². The van der Waals surface area contributed by atoms with Gasteiger partial charge in [-0.15, -0.1) is 0 Å². The molecule has 5 aromatic carbocycles. The molecule has 2 aliphatic carbocycles. The quantitative estimate of drug-likeness (QED) is 0.158. The van der Waals surface area contributed by atoms with Gasteiger partial charge in [0.25, 0.3) is 0 Å². The van der Waals surface area contributed by atoms with Gasteiger partial charge in [0.1, 0.15) is 0 Å². The Balaban J connectivity index is 1.57. The molecule has 0 nitrogen and oxygen atoms in total. The summed E-state index contributed by atoms with van der Waals surface area (Å²) in [4.78, 5) is 0. The molecule has 0 saturated carbocycles. The van der Waals surface area contributed by atoms with Crippen LogP contribution in [-0.4, -0.2) is 3.71 Å². The van der Waals surface area contributed by atoms with E-state index in [9.17, 15) is 0 Å². The Morgan fingerprint density at radius 3 is 1.33 bits per heavy atom. The molecule has 2 atom stereocenters. The zero-order valence-electron chi connectivity index (χ0n) is 26.2. The fourth-order valence-electron chi connectivity index (χ4n) is 8.63. The molecule has 0 spiro atoms. The van der Waals surface area contributed by atoms with Crippen LogP contribution in [0, 0.1) is 0 Å². The summed E-state index contributed by atoms with van der Waals surface area (Å²) < 4.78 is 4.48. The monoisotopic (exact) mass is 703 g/mol. The van der Waals surface area contributed by atoms with E-state index in [1.165, 1.54) is 55.7 Å². The second kappa shape index (κ2) is 11.0. The number of hydrogen-bond donors (Lipinski definition) is 0. The Morgan fingerprint density at radius 2 is 0.933 bits per heavy atom. The third-order valence-electron chi connectivity index (χ3n) is 10.4. The molecule has 2 aliphatic rings. The molecule has 7 rings (SSSR count). The van der Waals surface area contributed by atoms with E-state index < -0.39 is 14.4 Å². The number of hydrogen-bond acceptors (Lipinski definition) is 0. The number of halogens is 2. The summed E-state index contributed by atoms with van der Waals surface area (Å²) >= 11 is -5.83. The van der Waals surface area contributed by atoms with Gasteiger partial charge in [-0.25, -0.2) is 0 Å². The second-order valence-corrected chi connectivity index (χ2v) is 44.7. The molecule has 225 valence electrons. The Labute approximate surface area is 272 Å². The van der Waals surface area contributed by atoms with Gasteiger partial charge < -0.3 is 0 Å². The summed E-state index contributed by atoms with van der Waals surface area (Å²) in [6, 6.07) is 45.4. The number of fused-ring (bicyclic) bond motifs is 2. The van der Waals surface area contributed by atoms with Gasteiger partial charge in [-0.2, -0.15) is 0 Å². The van der Waals surface area contributed by atoms with E-state index in [0.29, 0.717) is 0 Å². The van der Waals surface area contributed by atoms with E-state index in [-0.39, 0.29) is 7.25 Å². The molecule has 5 aromatic rings. The maximum atomic E-state index is 8.83. The van der Waals surface area contributed by atoms with Gasteiger partial charge in [0.15, 0.2) is 0 Å². The van der Waals surface area contributed by atoms with E-state index in [4.69, 9.17) is 17.0 Å². The topological polar surface area (TPSA) is 0 Å². The standard InChI is InChI=1S/2C17H15.C7H6.CH3.2ClH.Zr/c2*1-2-13-11-15-9-6-10-16(17(15)12-13)14-7-4-3-5-8-14;1-7-5-3-2-4-6-7;;;;/h2*3-12H,2H2,1H3;1-6H;1H3;2*1H;/q;;;;;;+2/p-2. The zero-order valence-corrected chi connectivity index (χ0v) is 30.2. The molecule has 0 amide bonds. The van der Waals surface area contributed by atoms with Gasteiger partial charge in [0.05, 0.1) is 0 Å². The number of benzene rings is 5. The minimum absolute atomic E-state index is 0.107. The molecule has 0 aliphatic heterocycles. The second-order valence-electron chi connectivity index (χ2n) is 13.4. The molecule has 0 aromatic heterocycles. The summed E-state index contributed by atoms with van der Waals surface area (Å²) in [6.07, 6.45) is 6.58. The van der Waals surface area contributed by atoms with Crippen molar-refractivity contribution in [3.63, 3.8) is 0 Å². The van der Waals surface area contributed by atoms with Crippen molar-refractivity contribution in [3.05, 3.63) is 166 Å². The predicted octanol–water partition coefficient (Wildman–Crippen LogP) is 12.8. The average molecular weight is 706 g/mol. The summed E-state index contributed by atoms with van der Waals surface area (Å²) in [5.41, 5.74) is 13.7. The van der Waals surface area contributed by atoms with E-state index in [2.05, 4.69) is 162 Å². The predicted molar refractivity (Wildman–Crippen MR) is 195 cm³/mol. The van der Waals surface area contributed by atoms with Crippen LogP contribution in [0.1, 0.15) is 61.8 Å². The molecule has 0 heterocycles. The van der Waals surface area contributed by atoms with Gasteiger partial charge in [-0.1, -0.05) is 0 Å². The average Bonchev–Trinajstić information content (AvgIpc) is 3.66. The molecular formula is C42H39Cl2Zr. The molecule has 45 heavy (non-hydrogen) atoms. The first-order chi connectivity index (χ1) is 21.7.